The topological polar surface area (TPSA) is 52.3 Å². The number of rotatable bonds is 3. The number of hydrogen-bond acceptors (Lipinski definition) is 3. The largest absolute Gasteiger partial charge is 0.496 e. The summed E-state index contributed by atoms with van der Waals surface area (Å²) in [7, 11) is 1.47. The van der Waals surface area contributed by atoms with Gasteiger partial charge >= 0.3 is 0 Å². The zero-order valence-electron chi connectivity index (χ0n) is 10.4. The lowest BCUT2D eigenvalue weighted by atomic mass is 10.0. The van der Waals surface area contributed by atoms with Crippen molar-refractivity contribution in [1.29, 1.82) is 0 Å². The van der Waals surface area contributed by atoms with Crippen molar-refractivity contribution in [2.24, 2.45) is 0 Å². The lowest BCUT2D eigenvalue weighted by Gasteiger charge is -2.08. The van der Waals surface area contributed by atoms with Crippen molar-refractivity contribution in [1.82, 2.24) is 0 Å². The van der Waals surface area contributed by atoms with Crippen LogP contribution in [0.2, 0.25) is 0 Å². The molecule has 0 fully saturated rings. The smallest absolute Gasteiger partial charge is 0.199 e. The summed E-state index contributed by atoms with van der Waals surface area (Å²) < 4.78 is 33.0. The van der Waals surface area contributed by atoms with E-state index in [0.29, 0.717) is 10.2 Å². The van der Waals surface area contributed by atoms with Crippen LogP contribution in [0.25, 0.3) is 0 Å². The molecule has 0 aliphatic rings. The zero-order chi connectivity index (χ0) is 14.9. The first-order valence-electron chi connectivity index (χ1n) is 5.57. The minimum atomic E-state index is -1.05. The molecule has 0 aromatic heterocycles. The van der Waals surface area contributed by atoms with Crippen LogP contribution in [0, 0.1) is 11.6 Å². The maximum absolute atomic E-state index is 13.8. The van der Waals surface area contributed by atoms with Crippen molar-refractivity contribution < 1.29 is 18.3 Å². The summed E-state index contributed by atoms with van der Waals surface area (Å²) in [6.45, 7) is 0. The summed E-state index contributed by atoms with van der Waals surface area (Å²) in [5.74, 6) is -2.28. The fourth-order valence-corrected chi connectivity index (χ4v) is 2.27. The average Bonchev–Trinajstić information content (AvgIpc) is 2.43. The highest BCUT2D eigenvalue weighted by molar-refractivity contribution is 9.10. The van der Waals surface area contributed by atoms with Crippen LogP contribution in [0.5, 0.6) is 5.75 Å². The highest BCUT2D eigenvalue weighted by Crippen LogP contribution is 2.28. The fourth-order valence-electron chi connectivity index (χ4n) is 1.73. The molecule has 0 amide bonds. The van der Waals surface area contributed by atoms with E-state index in [9.17, 15) is 13.6 Å². The average molecular weight is 342 g/mol. The van der Waals surface area contributed by atoms with Gasteiger partial charge in [-0.25, -0.2) is 8.78 Å². The second-order valence-corrected chi connectivity index (χ2v) is 4.86. The summed E-state index contributed by atoms with van der Waals surface area (Å²) in [4.78, 5) is 12.2. The third-order valence-corrected chi connectivity index (χ3v) is 3.38. The van der Waals surface area contributed by atoms with Crippen LogP contribution >= 0.6 is 15.9 Å². The Kier molecular flexibility index (Phi) is 4.04. The summed E-state index contributed by atoms with van der Waals surface area (Å²) >= 11 is 3.21. The molecular formula is C14H10BrF2NO2. The number of ether oxygens (including phenoxy) is 1. The lowest BCUT2D eigenvalue weighted by Crippen LogP contribution is -2.09. The van der Waals surface area contributed by atoms with Gasteiger partial charge in [-0.15, -0.1) is 0 Å². The minimum Gasteiger partial charge on any atom is -0.496 e. The number of methoxy groups -OCH3 is 1. The number of hydrogen-bond donors (Lipinski definition) is 1. The van der Waals surface area contributed by atoms with Crippen molar-refractivity contribution in [2.45, 2.75) is 0 Å². The van der Waals surface area contributed by atoms with Crippen LogP contribution in [0.1, 0.15) is 15.9 Å². The predicted octanol–water partition coefficient (Wildman–Crippen LogP) is 3.55. The Balaban J connectivity index is 2.52. The minimum absolute atomic E-state index is 0.126. The first-order chi connectivity index (χ1) is 9.45. The molecule has 0 aliphatic heterocycles. The first kappa shape index (κ1) is 14.5. The number of ketones is 1. The maximum Gasteiger partial charge on any atom is 0.199 e. The highest BCUT2D eigenvalue weighted by atomic mass is 79.9. The molecule has 2 N–H and O–H groups in total. The zero-order valence-corrected chi connectivity index (χ0v) is 12.0. The predicted molar refractivity (Wildman–Crippen MR) is 74.9 cm³/mol. The molecular weight excluding hydrogens is 332 g/mol. The third kappa shape index (κ3) is 2.51. The highest BCUT2D eigenvalue weighted by Gasteiger charge is 2.21. The SMILES string of the molecule is COc1ccc(C(=O)c2c(F)ccc(N)c2F)cc1Br. The molecule has 104 valence electrons. The number of carbonyl (C=O) groups is 1. The Hall–Kier alpha value is -1.95. The van der Waals surface area contributed by atoms with Gasteiger partial charge in [-0.1, -0.05) is 0 Å². The van der Waals surface area contributed by atoms with E-state index in [4.69, 9.17) is 10.5 Å². The Labute approximate surface area is 122 Å². The van der Waals surface area contributed by atoms with Gasteiger partial charge in [0.2, 0.25) is 0 Å². The number of anilines is 1. The second-order valence-electron chi connectivity index (χ2n) is 4.00. The van der Waals surface area contributed by atoms with Crippen LogP contribution in [0.4, 0.5) is 14.5 Å². The Morgan fingerprint density at radius 3 is 2.55 bits per heavy atom. The van der Waals surface area contributed by atoms with Crippen molar-refractivity contribution in [3.8, 4) is 5.75 Å². The lowest BCUT2D eigenvalue weighted by molar-refractivity contribution is 0.103. The van der Waals surface area contributed by atoms with Gasteiger partial charge in [0.05, 0.1) is 22.8 Å². The number of nitrogens with two attached hydrogens (primary N) is 1. The molecule has 2 aromatic carbocycles. The van der Waals surface area contributed by atoms with Gasteiger partial charge in [0.1, 0.15) is 11.6 Å². The monoisotopic (exact) mass is 341 g/mol. The van der Waals surface area contributed by atoms with E-state index in [-0.39, 0.29) is 11.3 Å². The standard InChI is InChI=1S/C14H10BrF2NO2/c1-20-11-5-2-7(6-8(11)15)14(19)12-9(16)3-4-10(18)13(12)17/h2-6H,18H2,1H3. The number of carbonyl (C=O) groups excluding carboxylic acids is 1. The molecule has 0 spiro atoms. The van der Waals surface area contributed by atoms with Crippen molar-refractivity contribution in [3.63, 3.8) is 0 Å². The Morgan fingerprint density at radius 1 is 1.25 bits per heavy atom. The van der Waals surface area contributed by atoms with E-state index in [1.807, 2.05) is 0 Å². The quantitative estimate of drug-likeness (QED) is 0.686. The van der Waals surface area contributed by atoms with Gasteiger partial charge in [-0.3, -0.25) is 4.79 Å². The number of halogens is 3. The van der Waals surface area contributed by atoms with E-state index in [1.54, 1.807) is 0 Å². The normalized spacial score (nSPS) is 10.4. The van der Waals surface area contributed by atoms with E-state index in [1.165, 1.54) is 25.3 Å². The summed E-state index contributed by atoms with van der Waals surface area (Å²) in [6, 6.07) is 6.42. The van der Waals surface area contributed by atoms with Crippen molar-refractivity contribution >= 4 is 27.4 Å². The molecule has 0 atom stereocenters. The molecule has 2 aromatic rings. The van der Waals surface area contributed by atoms with Gasteiger partial charge in [0, 0.05) is 5.56 Å². The van der Waals surface area contributed by atoms with Gasteiger partial charge in [0.25, 0.3) is 0 Å². The Morgan fingerprint density at radius 2 is 1.95 bits per heavy atom. The maximum atomic E-state index is 13.8. The van der Waals surface area contributed by atoms with Crippen LogP contribution in [0.15, 0.2) is 34.8 Å². The molecule has 0 heterocycles. The second kappa shape index (κ2) is 5.58. The first-order valence-corrected chi connectivity index (χ1v) is 6.36. The third-order valence-electron chi connectivity index (χ3n) is 2.76. The Bertz CT molecular complexity index is 689. The van der Waals surface area contributed by atoms with E-state index in [0.717, 1.165) is 12.1 Å². The molecule has 0 unspecified atom stereocenters. The number of nitrogen functional groups attached to an aromatic ring is 1. The van der Waals surface area contributed by atoms with Crippen LogP contribution < -0.4 is 10.5 Å². The molecule has 0 saturated carbocycles. The molecule has 0 aliphatic carbocycles. The fraction of sp³-hybridized carbons (Fsp3) is 0.0714. The molecule has 0 bridgehead atoms. The van der Waals surface area contributed by atoms with Crippen molar-refractivity contribution in [2.75, 3.05) is 12.8 Å². The van der Waals surface area contributed by atoms with Gasteiger partial charge < -0.3 is 10.5 Å². The summed E-state index contributed by atoms with van der Waals surface area (Å²) in [5, 5.41) is 0. The molecule has 2 rings (SSSR count). The van der Waals surface area contributed by atoms with Crippen LogP contribution in [-0.2, 0) is 0 Å². The van der Waals surface area contributed by atoms with E-state index in [2.05, 4.69) is 15.9 Å². The molecule has 20 heavy (non-hydrogen) atoms. The van der Waals surface area contributed by atoms with Crippen molar-refractivity contribution in [3.05, 3.63) is 57.6 Å². The molecule has 3 nitrogen and oxygen atoms in total. The van der Waals surface area contributed by atoms with Gasteiger partial charge in [0.15, 0.2) is 11.6 Å². The van der Waals surface area contributed by atoms with Gasteiger partial charge in [-0.2, -0.15) is 0 Å². The van der Waals surface area contributed by atoms with Gasteiger partial charge in [-0.05, 0) is 46.3 Å². The summed E-state index contributed by atoms with van der Waals surface area (Å²) in [6.07, 6.45) is 0. The van der Waals surface area contributed by atoms with Crippen LogP contribution in [0.3, 0.4) is 0 Å². The number of benzene rings is 2. The molecule has 0 saturated heterocycles. The molecule has 0 radical (unpaired) electrons. The van der Waals surface area contributed by atoms with E-state index < -0.39 is 23.0 Å². The van der Waals surface area contributed by atoms with Crippen LogP contribution in [-0.4, -0.2) is 12.9 Å². The summed E-state index contributed by atoms with van der Waals surface area (Å²) in [5.41, 5.74) is 4.54. The molecule has 6 heteroatoms. The van der Waals surface area contributed by atoms with E-state index >= 15 is 0 Å².